The molecular formula is C11H20N2O2. The van der Waals surface area contributed by atoms with E-state index in [1.54, 1.807) is 0 Å². The summed E-state index contributed by atoms with van der Waals surface area (Å²) in [4.78, 5) is 13.0. The van der Waals surface area contributed by atoms with Gasteiger partial charge in [0.1, 0.15) is 0 Å². The van der Waals surface area contributed by atoms with Crippen molar-refractivity contribution < 1.29 is 9.53 Å². The Bertz CT molecular complexity index is 211. The summed E-state index contributed by atoms with van der Waals surface area (Å²) in [5.74, 6) is -0.145. The van der Waals surface area contributed by atoms with E-state index in [4.69, 9.17) is 5.26 Å². The van der Waals surface area contributed by atoms with Crippen LogP contribution in [0.3, 0.4) is 0 Å². The summed E-state index contributed by atoms with van der Waals surface area (Å²) in [5, 5.41) is 8.35. The van der Waals surface area contributed by atoms with Crippen LogP contribution in [0.15, 0.2) is 0 Å². The van der Waals surface area contributed by atoms with Crippen molar-refractivity contribution in [3.63, 3.8) is 0 Å². The molecule has 4 heteroatoms. The highest BCUT2D eigenvalue weighted by Crippen LogP contribution is 1.99. The van der Waals surface area contributed by atoms with Crippen LogP contribution in [-0.4, -0.2) is 38.1 Å². The Morgan fingerprint density at radius 3 is 2.60 bits per heavy atom. The summed E-state index contributed by atoms with van der Waals surface area (Å²) in [6.07, 6.45) is 3.95. The maximum Gasteiger partial charge on any atom is 0.305 e. The van der Waals surface area contributed by atoms with Gasteiger partial charge < -0.3 is 9.64 Å². The average Bonchev–Trinajstić information content (AvgIpc) is 2.24. The lowest BCUT2D eigenvalue weighted by molar-refractivity contribution is -0.140. The van der Waals surface area contributed by atoms with Crippen LogP contribution in [-0.2, 0) is 9.53 Å². The predicted octanol–water partition coefficient (Wildman–Crippen LogP) is 1.57. The molecule has 0 aromatic carbocycles. The van der Waals surface area contributed by atoms with Crippen LogP contribution < -0.4 is 0 Å². The first kappa shape index (κ1) is 13.9. The number of esters is 1. The smallest absolute Gasteiger partial charge is 0.305 e. The van der Waals surface area contributed by atoms with Crippen molar-refractivity contribution in [2.75, 3.05) is 27.2 Å². The summed E-state index contributed by atoms with van der Waals surface area (Å²) in [7, 11) is 3.44. The second-order valence-corrected chi connectivity index (χ2v) is 3.60. The second kappa shape index (κ2) is 9.47. The van der Waals surface area contributed by atoms with Gasteiger partial charge >= 0.3 is 5.97 Å². The molecule has 86 valence electrons. The second-order valence-electron chi connectivity index (χ2n) is 3.60. The zero-order chi connectivity index (χ0) is 11.5. The minimum Gasteiger partial charge on any atom is -0.469 e. The molecule has 0 fully saturated rings. The number of ether oxygens (including phenoxy) is 1. The maximum atomic E-state index is 10.8. The standard InChI is InChI=1S/C11H20N2O2/c1-13(9-5-3-4-8-12)10-6-7-11(14)15-2/h3-7,9-10H2,1-2H3. The molecule has 0 atom stereocenters. The van der Waals surface area contributed by atoms with Gasteiger partial charge in [0.2, 0.25) is 0 Å². The van der Waals surface area contributed by atoms with E-state index in [1.807, 2.05) is 7.05 Å². The number of carbonyl (C=O) groups excluding carboxylic acids is 1. The molecule has 0 aliphatic carbocycles. The number of nitriles is 1. The lowest BCUT2D eigenvalue weighted by Gasteiger charge is -2.15. The SMILES string of the molecule is COC(=O)CCCN(C)CCCCC#N. The zero-order valence-electron chi connectivity index (χ0n) is 9.66. The van der Waals surface area contributed by atoms with Gasteiger partial charge in [-0.1, -0.05) is 0 Å². The highest BCUT2D eigenvalue weighted by Gasteiger charge is 2.02. The molecule has 4 nitrogen and oxygen atoms in total. The Morgan fingerprint density at radius 2 is 2.00 bits per heavy atom. The fourth-order valence-electron chi connectivity index (χ4n) is 1.29. The zero-order valence-corrected chi connectivity index (χ0v) is 9.66. The summed E-state index contributed by atoms with van der Waals surface area (Å²) < 4.78 is 4.55. The normalized spacial score (nSPS) is 10.0. The van der Waals surface area contributed by atoms with Crippen LogP contribution in [0.5, 0.6) is 0 Å². The largest absolute Gasteiger partial charge is 0.469 e. The van der Waals surface area contributed by atoms with E-state index in [0.717, 1.165) is 32.4 Å². The Labute approximate surface area is 91.8 Å². The average molecular weight is 212 g/mol. The number of rotatable bonds is 8. The van der Waals surface area contributed by atoms with Crippen molar-refractivity contribution in [2.24, 2.45) is 0 Å². The van der Waals surface area contributed by atoms with Gasteiger partial charge in [-0.05, 0) is 39.4 Å². The molecule has 0 radical (unpaired) electrons. The van der Waals surface area contributed by atoms with Crippen LogP contribution in [0.4, 0.5) is 0 Å². The summed E-state index contributed by atoms with van der Waals surface area (Å²) >= 11 is 0. The minimum atomic E-state index is -0.145. The highest BCUT2D eigenvalue weighted by molar-refractivity contribution is 5.69. The molecule has 0 aliphatic heterocycles. The monoisotopic (exact) mass is 212 g/mol. The molecule has 0 heterocycles. The molecule has 0 saturated carbocycles. The van der Waals surface area contributed by atoms with Gasteiger partial charge in [0.25, 0.3) is 0 Å². The van der Waals surface area contributed by atoms with E-state index in [9.17, 15) is 4.79 Å². The van der Waals surface area contributed by atoms with Gasteiger partial charge in [0, 0.05) is 12.8 Å². The molecular weight excluding hydrogens is 192 g/mol. The topological polar surface area (TPSA) is 53.3 Å². The molecule has 15 heavy (non-hydrogen) atoms. The van der Waals surface area contributed by atoms with E-state index in [2.05, 4.69) is 15.7 Å². The van der Waals surface area contributed by atoms with Crippen molar-refractivity contribution in [3.05, 3.63) is 0 Å². The molecule has 0 unspecified atom stereocenters. The van der Waals surface area contributed by atoms with Crippen LogP contribution in [0.25, 0.3) is 0 Å². The van der Waals surface area contributed by atoms with Gasteiger partial charge in [0.15, 0.2) is 0 Å². The molecule has 0 aromatic heterocycles. The van der Waals surface area contributed by atoms with Crippen molar-refractivity contribution in [2.45, 2.75) is 32.1 Å². The fraction of sp³-hybridized carbons (Fsp3) is 0.818. The van der Waals surface area contributed by atoms with Crippen molar-refractivity contribution in [1.82, 2.24) is 4.90 Å². The highest BCUT2D eigenvalue weighted by atomic mass is 16.5. The van der Waals surface area contributed by atoms with Gasteiger partial charge in [-0.15, -0.1) is 0 Å². The van der Waals surface area contributed by atoms with Crippen LogP contribution in [0.1, 0.15) is 32.1 Å². The first-order valence-electron chi connectivity index (χ1n) is 5.33. The Balaban J connectivity index is 3.30. The van der Waals surface area contributed by atoms with E-state index in [-0.39, 0.29) is 5.97 Å². The number of nitrogens with zero attached hydrogens (tertiary/aromatic N) is 2. The summed E-state index contributed by atoms with van der Waals surface area (Å²) in [5.41, 5.74) is 0. The number of hydrogen-bond donors (Lipinski definition) is 0. The summed E-state index contributed by atoms with van der Waals surface area (Å²) in [6, 6.07) is 2.13. The van der Waals surface area contributed by atoms with E-state index in [0.29, 0.717) is 12.8 Å². The lowest BCUT2D eigenvalue weighted by atomic mass is 10.2. The van der Waals surface area contributed by atoms with Crippen molar-refractivity contribution >= 4 is 5.97 Å². The van der Waals surface area contributed by atoms with Gasteiger partial charge in [0.05, 0.1) is 13.2 Å². The summed E-state index contributed by atoms with van der Waals surface area (Å²) in [6.45, 7) is 1.89. The number of methoxy groups -OCH3 is 1. The first-order chi connectivity index (χ1) is 7.20. The lowest BCUT2D eigenvalue weighted by Crippen LogP contribution is -2.21. The van der Waals surface area contributed by atoms with Gasteiger partial charge in [-0.25, -0.2) is 0 Å². The molecule has 0 saturated heterocycles. The molecule has 0 rings (SSSR count). The molecule has 0 aliphatic rings. The number of carbonyl (C=O) groups is 1. The third-order valence-corrected chi connectivity index (χ3v) is 2.23. The maximum absolute atomic E-state index is 10.8. The van der Waals surface area contributed by atoms with Crippen molar-refractivity contribution in [1.29, 1.82) is 5.26 Å². The third-order valence-electron chi connectivity index (χ3n) is 2.23. The quantitative estimate of drug-likeness (QED) is 0.452. The first-order valence-corrected chi connectivity index (χ1v) is 5.33. The predicted molar refractivity (Wildman–Crippen MR) is 58.2 cm³/mol. The minimum absolute atomic E-state index is 0.145. The van der Waals surface area contributed by atoms with Gasteiger partial charge in [-0.3, -0.25) is 4.79 Å². The van der Waals surface area contributed by atoms with Crippen LogP contribution >= 0.6 is 0 Å². The van der Waals surface area contributed by atoms with Crippen LogP contribution in [0, 0.1) is 11.3 Å². The van der Waals surface area contributed by atoms with E-state index < -0.39 is 0 Å². The Morgan fingerprint density at radius 1 is 1.33 bits per heavy atom. The van der Waals surface area contributed by atoms with Gasteiger partial charge in [-0.2, -0.15) is 5.26 Å². The van der Waals surface area contributed by atoms with E-state index >= 15 is 0 Å². The molecule has 0 bridgehead atoms. The molecule has 0 N–H and O–H groups in total. The molecule has 0 amide bonds. The number of hydrogen-bond acceptors (Lipinski definition) is 4. The van der Waals surface area contributed by atoms with E-state index in [1.165, 1.54) is 7.11 Å². The molecule has 0 spiro atoms. The Kier molecular flexibility index (Phi) is 8.79. The third kappa shape index (κ3) is 9.23. The fourth-order valence-corrected chi connectivity index (χ4v) is 1.29. The number of unbranched alkanes of at least 4 members (excludes halogenated alkanes) is 2. The van der Waals surface area contributed by atoms with Crippen molar-refractivity contribution in [3.8, 4) is 6.07 Å². The Hall–Kier alpha value is -1.08. The van der Waals surface area contributed by atoms with Crippen LogP contribution in [0.2, 0.25) is 0 Å². The molecule has 0 aromatic rings.